The van der Waals surface area contributed by atoms with Gasteiger partial charge in [0.25, 0.3) is 0 Å². The van der Waals surface area contributed by atoms with Crippen LogP contribution >= 0.6 is 19.4 Å². The Morgan fingerprint density at radius 3 is 0.839 bits per heavy atom. The van der Waals surface area contributed by atoms with E-state index in [1.54, 1.807) is 0 Å². The molecule has 0 bridgehead atoms. The molecule has 7 heteroatoms. The molecule has 0 aliphatic rings. The first-order chi connectivity index (χ1) is 14.9. The van der Waals surface area contributed by atoms with Crippen molar-refractivity contribution in [2.75, 3.05) is 0 Å². The second-order valence-corrected chi connectivity index (χ2v) is 9.56. The van der Waals surface area contributed by atoms with Crippen molar-refractivity contribution in [2.24, 2.45) is 0 Å². The molecule has 0 saturated heterocycles. The van der Waals surface area contributed by atoms with E-state index in [0.29, 0.717) is 0 Å². The molecule has 4 aromatic rings. The molecule has 4 aromatic heterocycles. The first-order valence-corrected chi connectivity index (χ1v) is 14.0. The van der Waals surface area contributed by atoms with Crippen LogP contribution in [0.5, 0.6) is 0 Å². The van der Waals surface area contributed by atoms with Gasteiger partial charge in [0.05, 0.1) is 22.8 Å². The summed E-state index contributed by atoms with van der Waals surface area (Å²) in [5.74, 6) is 0. The Morgan fingerprint density at radius 2 is 0.677 bits per heavy atom. The third kappa shape index (κ3) is 8.82. The van der Waals surface area contributed by atoms with Gasteiger partial charge in [-0.15, -0.1) is 0 Å². The second kappa shape index (κ2) is 13.3. The Hall–Kier alpha value is -2.20. The minimum atomic E-state index is -0.346. The number of aryl methyl sites for hydroxylation is 4. The molecule has 0 atom stereocenters. The van der Waals surface area contributed by atoms with E-state index in [9.17, 15) is 0 Å². The standard InChI is InChI=1S/2C12H12N2.2ClH.Ru/c2*1-9-3-5-13-11(7-9)12-8-10(2)4-6-14-12;;;/h2*3-8H,1-2H3;2*1H;/q;;;;+2/p-2. The molecule has 0 fully saturated rings. The van der Waals surface area contributed by atoms with Crippen LogP contribution in [-0.2, 0) is 15.1 Å². The fourth-order valence-corrected chi connectivity index (χ4v) is 2.70. The zero-order valence-electron chi connectivity index (χ0n) is 17.8. The zero-order chi connectivity index (χ0) is 22.6. The van der Waals surface area contributed by atoms with Gasteiger partial charge in [0, 0.05) is 24.8 Å². The summed E-state index contributed by atoms with van der Waals surface area (Å²) in [5, 5.41) is 0. The van der Waals surface area contributed by atoms with Gasteiger partial charge in [0.1, 0.15) is 0 Å². The van der Waals surface area contributed by atoms with Crippen molar-refractivity contribution >= 4 is 19.4 Å². The Bertz CT molecular complexity index is 932. The second-order valence-electron chi connectivity index (χ2n) is 6.92. The molecular weight excluding hydrogens is 516 g/mol. The summed E-state index contributed by atoms with van der Waals surface area (Å²) in [6.07, 6.45) is 7.26. The molecular formula is C24H24Cl2N4Ru. The predicted molar refractivity (Wildman–Crippen MR) is 126 cm³/mol. The molecule has 0 aliphatic carbocycles. The van der Waals surface area contributed by atoms with E-state index < -0.39 is 0 Å². The van der Waals surface area contributed by atoms with E-state index in [0.717, 1.165) is 22.8 Å². The molecule has 0 aliphatic heterocycles. The average Bonchev–Trinajstić information content (AvgIpc) is 2.75. The van der Waals surface area contributed by atoms with Gasteiger partial charge < -0.3 is 0 Å². The molecule has 0 unspecified atom stereocenters. The summed E-state index contributed by atoms with van der Waals surface area (Å²) in [6.45, 7) is 8.23. The van der Waals surface area contributed by atoms with Crippen molar-refractivity contribution in [3.63, 3.8) is 0 Å². The van der Waals surface area contributed by atoms with Crippen LogP contribution < -0.4 is 0 Å². The molecule has 31 heavy (non-hydrogen) atoms. The maximum atomic E-state index is 4.85. The van der Waals surface area contributed by atoms with Gasteiger partial charge in [-0.25, -0.2) is 0 Å². The quantitative estimate of drug-likeness (QED) is 0.260. The number of nitrogens with zero attached hydrogens (tertiary/aromatic N) is 4. The fraction of sp³-hybridized carbons (Fsp3) is 0.167. The molecule has 0 spiro atoms. The normalized spacial score (nSPS) is 9.87. The van der Waals surface area contributed by atoms with E-state index in [2.05, 4.69) is 47.6 Å². The van der Waals surface area contributed by atoms with Crippen LogP contribution in [0.3, 0.4) is 0 Å². The maximum absolute atomic E-state index is 4.85. The third-order valence-corrected chi connectivity index (χ3v) is 4.19. The third-order valence-electron chi connectivity index (χ3n) is 4.19. The van der Waals surface area contributed by atoms with Gasteiger partial charge >= 0.3 is 34.5 Å². The Balaban J connectivity index is 0.000000196. The summed E-state index contributed by atoms with van der Waals surface area (Å²) in [4.78, 5) is 17.2. The van der Waals surface area contributed by atoms with Gasteiger partial charge in [0.15, 0.2) is 0 Å². The summed E-state index contributed by atoms with van der Waals surface area (Å²) in [5.41, 5.74) is 8.58. The molecule has 0 radical (unpaired) electrons. The van der Waals surface area contributed by atoms with Crippen molar-refractivity contribution in [3.05, 3.63) is 95.6 Å². The van der Waals surface area contributed by atoms with Gasteiger partial charge in [-0.05, 0) is 98.5 Å². The summed E-state index contributed by atoms with van der Waals surface area (Å²) >= 11 is -0.346. The first kappa shape index (κ1) is 25.1. The van der Waals surface area contributed by atoms with Gasteiger partial charge in [-0.2, -0.15) is 0 Å². The summed E-state index contributed by atoms with van der Waals surface area (Å²) in [7, 11) is 9.71. The molecule has 4 nitrogen and oxygen atoms in total. The zero-order valence-corrected chi connectivity index (χ0v) is 21.1. The molecule has 4 rings (SSSR count). The van der Waals surface area contributed by atoms with Crippen molar-refractivity contribution in [2.45, 2.75) is 27.7 Å². The van der Waals surface area contributed by atoms with Gasteiger partial charge in [-0.1, -0.05) is 0 Å². The molecule has 4 heterocycles. The number of rotatable bonds is 2. The van der Waals surface area contributed by atoms with E-state index in [4.69, 9.17) is 19.4 Å². The number of hydrogen-bond donors (Lipinski definition) is 0. The van der Waals surface area contributed by atoms with Crippen LogP contribution in [0.15, 0.2) is 73.3 Å². The Morgan fingerprint density at radius 1 is 0.484 bits per heavy atom. The van der Waals surface area contributed by atoms with E-state index in [-0.39, 0.29) is 15.1 Å². The number of hydrogen-bond acceptors (Lipinski definition) is 4. The van der Waals surface area contributed by atoms with E-state index in [1.165, 1.54) is 22.3 Å². The van der Waals surface area contributed by atoms with Crippen molar-refractivity contribution in [1.29, 1.82) is 0 Å². The SMILES string of the molecule is Cc1ccnc(-c2cc(C)ccn2)c1.Cc1ccnc(-c2cc(C)ccn2)c1.[Cl][Ru][Cl]. The Labute approximate surface area is 199 Å². The molecule has 0 saturated carbocycles. The van der Waals surface area contributed by atoms with Crippen LogP contribution in [0.4, 0.5) is 0 Å². The van der Waals surface area contributed by atoms with Crippen LogP contribution in [0, 0.1) is 27.7 Å². The minimum absolute atomic E-state index is 0.346. The molecule has 0 N–H and O–H groups in total. The first-order valence-electron chi connectivity index (χ1n) is 9.49. The van der Waals surface area contributed by atoms with Crippen LogP contribution in [-0.4, -0.2) is 19.9 Å². The van der Waals surface area contributed by atoms with Crippen molar-refractivity contribution in [1.82, 2.24) is 19.9 Å². The average molecular weight is 540 g/mol. The van der Waals surface area contributed by atoms with E-state index in [1.807, 2.05) is 73.3 Å². The number of pyridine rings is 4. The number of aromatic nitrogens is 4. The Kier molecular flexibility index (Phi) is 10.7. The topological polar surface area (TPSA) is 51.6 Å². The summed E-state index contributed by atoms with van der Waals surface area (Å²) in [6, 6.07) is 16.1. The van der Waals surface area contributed by atoms with Crippen LogP contribution in [0.25, 0.3) is 22.8 Å². The van der Waals surface area contributed by atoms with Gasteiger partial charge in [-0.3, -0.25) is 19.9 Å². The fourth-order valence-electron chi connectivity index (χ4n) is 2.70. The van der Waals surface area contributed by atoms with E-state index >= 15 is 0 Å². The molecule has 0 aromatic carbocycles. The van der Waals surface area contributed by atoms with Gasteiger partial charge in [0.2, 0.25) is 0 Å². The monoisotopic (exact) mass is 540 g/mol. The van der Waals surface area contributed by atoms with Crippen LogP contribution in [0.1, 0.15) is 22.3 Å². The molecule has 162 valence electrons. The molecule has 0 amide bonds. The predicted octanol–water partition coefficient (Wildman–Crippen LogP) is 6.90. The van der Waals surface area contributed by atoms with Crippen molar-refractivity contribution < 1.29 is 15.1 Å². The van der Waals surface area contributed by atoms with Crippen molar-refractivity contribution in [3.8, 4) is 22.8 Å². The van der Waals surface area contributed by atoms with Crippen LogP contribution in [0.2, 0.25) is 0 Å². The number of halogens is 2. The summed E-state index contributed by atoms with van der Waals surface area (Å²) < 4.78 is 0.